The molecule has 1 aliphatic carbocycles. The summed E-state index contributed by atoms with van der Waals surface area (Å²) in [6.07, 6.45) is 10.1. The third-order valence-corrected chi connectivity index (χ3v) is 6.57. The van der Waals surface area contributed by atoms with Crippen molar-refractivity contribution < 1.29 is 23.5 Å². The lowest BCUT2D eigenvalue weighted by Crippen LogP contribution is -2.33. The first-order valence-corrected chi connectivity index (χ1v) is 12.6. The number of halogens is 2. The molecule has 0 fully saturated rings. The van der Waals surface area contributed by atoms with Crippen molar-refractivity contribution in [1.29, 1.82) is 0 Å². The molecular formula is C28H33ClFNO4. The van der Waals surface area contributed by atoms with Crippen LogP contribution in [0.3, 0.4) is 0 Å². The Bertz CT molecular complexity index is 1020. The molecule has 7 heteroatoms. The Kier molecular flexibility index (Phi) is 10.2. The first kappa shape index (κ1) is 26.7. The SMILES string of the molecule is CCCCCCCOc1ccc(C(=O)NC2C=CC(C(C(=O)OC)c3ccc(F)cc3Cl)C2)cc1. The van der Waals surface area contributed by atoms with Gasteiger partial charge in [0.05, 0.1) is 19.6 Å². The fraction of sp³-hybridized carbons (Fsp3) is 0.429. The predicted molar refractivity (Wildman–Crippen MR) is 135 cm³/mol. The minimum absolute atomic E-state index is 0.171. The number of benzene rings is 2. The summed E-state index contributed by atoms with van der Waals surface area (Å²) in [4.78, 5) is 25.3. The highest BCUT2D eigenvalue weighted by Gasteiger charge is 2.35. The molecule has 1 N–H and O–H groups in total. The average Bonchev–Trinajstić information content (AvgIpc) is 3.30. The number of hydrogen-bond acceptors (Lipinski definition) is 4. The Balaban J connectivity index is 1.54. The monoisotopic (exact) mass is 501 g/mol. The number of rotatable bonds is 12. The lowest BCUT2D eigenvalue weighted by atomic mass is 9.85. The summed E-state index contributed by atoms with van der Waals surface area (Å²) >= 11 is 6.23. The Hall–Kier alpha value is -2.86. The molecule has 0 saturated carbocycles. The zero-order chi connectivity index (χ0) is 25.2. The van der Waals surface area contributed by atoms with E-state index < -0.39 is 17.7 Å². The fourth-order valence-electron chi connectivity index (χ4n) is 4.34. The van der Waals surface area contributed by atoms with Crippen LogP contribution in [0, 0.1) is 11.7 Å². The summed E-state index contributed by atoms with van der Waals surface area (Å²) in [5.41, 5.74) is 1.03. The second kappa shape index (κ2) is 13.3. The number of carbonyl (C=O) groups is 2. The number of unbranched alkanes of at least 4 members (excludes halogenated alkanes) is 4. The fourth-order valence-corrected chi connectivity index (χ4v) is 4.63. The van der Waals surface area contributed by atoms with Crippen molar-refractivity contribution in [2.45, 2.75) is 57.4 Å². The minimum atomic E-state index is -0.690. The van der Waals surface area contributed by atoms with Crippen molar-refractivity contribution in [2.24, 2.45) is 5.92 Å². The van der Waals surface area contributed by atoms with Crippen LogP contribution >= 0.6 is 11.6 Å². The second-order valence-corrected chi connectivity index (χ2v) is 9.23. The van der Waals surface area contributed by atoms with Gasteiger partial charge in [-0.05, 0) is 60.7 Å². The number of ether oxygens (including phenoxy) is 2. The number of amides is 1. The first-order chi connectivity index (χ1) is 16.9. The van der Waals surface area contributed by atoms with Gasteiger partial charge in [-0.1, -0.05) is 62.4 Å². The molecule has 0 aliphatic heterocycles. The van der Waals surface area contributed by atoms with Crippen molar-refractivity contribution >= 4 is 23.5 Å². The van der Waals surface area contributed by atoms with E-state index in [1.807, 2.05) is 12.2 Å². The summed E-state index contributed by atoms with van der Waals surface area (Å²) in [6.45, 7) is 2.86. The van der Waals surface area contributed by atoms with Crippen molar-refractivity contribution in [3.8, 4) is 5.75 Å². The van der Waals surface area contributed by atoms with Gasteiger partial charge in [0.25, 0.3) is 5.91 Å². The van der Waals surface area contributed by atoms with Gasteiger partial charge >= 0.3 is 5.97 Å². The lowest BCUT2D eigenvalue weighted by Gasteiger charge is -2.23. The summed E-state index contributed by atoms with van der Waals surface area (Å²) in [7, 11) is 1.31. The van der Waals surface area contributed by atoms with Gasteiger partial charge in [-0.25, -0.2) is 4.39 Å². The standard InChI is InChI=1S/C28H33ClFNO4/c1-3-4-5-6-7-16-35-23-13-9-19(10-14-23)27(32)31-22-12-8-20(17-22)26(28(33)34-2)24-15-11-21(30)18-25(24)29/h8-15,18,20,22,26H,3-7,16-17H2,1-2H3,(H,31,32). The van der Waals surface area contributed by atoms with E-state index in [0.29, 0.717) is 24.2 Å². The van der Waals surface area contributed by atoms with Crippen LogP contribution in [0.15, 0.2) is 54.6 Å². The van der Waals surface area contributed by atoms with Crippen LogP contribution < -0.4 is 10.1 Å². The van der Waals surface area contributed by atoms with E-state index in [2.05, 4.69) is 12.2 Å². The molecule has 5 nitrogen and oxygen atoms in total. The van der Waals surface area contributed by atoms with Gasteiger partial charge in [0.2, 0.25) is 0 Å². The van der Waals surface area contributed by atoms with Crippen LogP contribution in [0.2, 0.25) is 5.02 Å². The largest absolute Gasteiger partial charge is 0.494 e. The van der Waals surface area contributed by atoms with Gasteiger partial charge in [0.1, 0.15) is 11.6 Å². The third-order valence-electron chi connectivity index (χ3n) is 6.25. The maximum absolute atomic E-state index is 13.5. The van der Waals surface area contributed by atoms with Crippen molar-refractivity contribution in [3.05, 3.63) is 76.6 Å². The van der Waals surface area contributed by atoms with Gasteiger partial charge in [0.15, 0.2) is 0 Å². The molecule has 0 bridgehead atoms. The highest BCUT2D eigenvalue weighted by molar-refractivity contribution is 6.31. The zero-order valence-electron chi connectivity index (χ0n) is 20.3. The maximum Gasteiger partial charge on any atom is 0.313 e. The number of methoxy groups -OCH3 is 1. The molecule has 3 atom stereocenters. The van der Waals surface area contributed by atoms with Crippen LogP contribution in [0.1, 0.15) is 67.3 Å². The normalized spacial score (nSPS) is 17.7. The topological polar surface area (TPSA) is 64.6 Å². The Morgan fingerprint density at radius 2 is 1.83 bits per heavy atom. The van der Waals surface area contributed by atoms with E-state index in [1.54, 1.807) is 24.3 Å². The molecule has 3 rings (SSSR count). The molecule has 3 unspecified atom stereocenters. The predicted octanol–water partition coefficient (Wildman–Crippen LogP) is 6.46. The van der Waals surface area contributed by atoms with Gasteiger partial charge in [-0.3, -0.25) is 9.59 Å². The first-order valence-electron chi connectivity index (χ1n) is 12.2. The van der Waals surface area contributed by atoms with E-state index in [1.165, 1.54) is 44.6 Å². The quantitative estimate of drug-likeness (QED) is 0.206. The van der Waals surface area contributed by atoms with E-state index in [0.717, 1.165) is 18.6 Å². The lowest BCUT2D eigenvalue weighted by molar-refractivity contribution is -0.143. The van der Waals surface area contributed by atoms with E-state index >= 15 is 0 Å². The Labute approximate surface area is 211 Å². The average molecular weight is 502 g/mol. The molecular weight excluding hydrogens is 469 g/mol. The number of esters is 1. The van der Waals surface area contributed by atoms with E-state index in [4.69, 9.17) is 21.1 Å². The number of hydrogen-bond donors (Lipinski definition) is 1. The van der Waals surface area contributed by atoms with Crippen LogP contribution in [-0.4, -0.2) is 31.6 Å². The van der Waals surface area contributed by atoms with Crippen LogP contribution in [0.5, 0.6) is 5.75 Å². The summed E-state index contributed by atoms with van der Waals surface area (Å²) in [6, 6.07) is 10.8. The molecule has 35 heavy (non-hydrogen) atoms. The maximum atomic E-state index is 13.5. The summed E-state index contributed by atoms with van der Waals surface area (Å²) in [5, 5.41) is 3.16. The van der Waals surface area contributed by atoms with Crippen molar-refractivity contribution in [1.82, 2.24) is 5.32 Å². The molecule has 1 aliphatic rings. The second-order valence-electron chi connectivity index (χ2n) is 8.82. The molecule has 0 radical (unpaired) electrons. The molecule has 1 amide bonds. The molecule has 0 spiro atoms. The third kappa shape index (κ3) is 7.56. The van der Waals surface area contributed by atoms with Gasteiger partial charge < -0.3 is 14.8 Å². The number of allylic oxidation sites excluding steroid dienone is 1. The van der Waals surface area contributed by atoms with Crippen molar-refractivity contribution in [2.75, 3.05) is 13.7 Å². The summed E-state index contributed by atoms with van der Waals surface area (Å²) in [5.74, 6) is -1.33. The summed E-state index contributed by atoms with van der Waals surface area (Å²) < 4.78 is 24.3. The Morgan fingerprint density at radius 3 is 2.51 bits per heavy atom. The molecule has 2 aromatic carbocycles. The van der Waals surface area contributed by atoms with Crippen molar-refractivity contribution in [3.63, 3.8) is 0 Å². The van der Waals surface area contributed by atoms with Crippen LogP contribution in [-0.2, 0) is 9.53 Å². The van der Waals surface area contributed by atoms with Crippen LogP contribution in [0.4, 0.5) is 4.39 Å². The molecule has 188 valence electrons. The van der Waals surface area contributed by atoms with E-state index in [9.17, 15) is 14.0 Å². The number of carbonyl (C=O) groups excluding carboxylic acids is 2. The zero-order valence-corrected chi connectivity index (χ0v) is 21.0. The molecule has 0 heterocycles. The van der Waals surface area contributed by atoms with Crippen LogP contribution in [0.25, 0.3) is 0 Å². The number of nitrogens with one attached hydrogen (secondary N) is 1. The van der Waals surface area contributed by atoms with Gasteiger partial charge in [-0.2, -0.15) is 0 Å². The molecule has 0 aromatic heterocycles. The van der Waals surface area contributed by atoms with Gasteiger partial charge in [-0.15, -0.1) is 0 Å². The Morgan fingerprint density at radius 1 is 1.09 bits per heavy atom. The smallest absolute Gasteiger partial charge is 0.313 e. The highest BCUT2D eigenvalue weighted by Crippen LogP contribution is 2.37. The molecule has 0 saturated heterocycles. The molecule has 2 aromatic rings. The minimum Gasteiger partial charge on any atom is -0.494 e. The highest BCUT2D eigenvalue weighted by atomic mass is 35.5. The van der Waals surface area contributed by atoms with E-state index in [-0.39, 0.29) is 22.9 Å². The van der Waals surface area contributed by atoms with Gasteiger partial charge in [0, 0.05) is 16.6 Å².